The number of alkyl carbamates (subject to hydrolysis) is 1. The second kappa shape index (κ2) is 3.37. The smallest absolute Gasteiger partial charge is 0.407 e. The zero-order valence-electron chi connectivity index (χ0n) is 9.72. The van der Waals surface area contributed by atoms with Gasteiger partial charge in [-0.2, -0.15) is 0 Å². The van der Waals surface area contributed by atoms with Gasteiger partial charge in [0.05, 0.1) is 0 Å². The molecule has 2 fully saturated rings. The molecule has 1 aliphatic heterocycles. The van der Waals surface area contributed by atoms with Crippen molar-refractivity contribution in [1.29, 1.82) is 0 Å². The van der Waals surface area contributed by atoms with Crippen molar-refractivity contribution in [2.45, 2.75) is 45.3 Å². The molecular formula is C11H20N2O2. The van der Waals surface area contributed by atoms with E-state index < -0.39 is 5.60 Å². The zero-order valence-corrected chi connectivity index (χ0v) is 9.72. The number of carbonyl (C=O) groups is 1. The van der Waals surface area contributed by atoms with Crippen LogP contribution in [0.2, 0.25) is 0 Å². The first-order chi connectivity index (χ1) is 6.91. The predicted molar refractivity (Wildman–Crippen MR) is 57.7 cm³/mol. The Morgan fingerprint density at radius 2 is 2.27 bits per heavy atom. The van der Waals surface area contributed by atoms with Crippen LogP contribution in [0.1, 0.15) is 33.6 Å². The van der Waals surface area contributed by atoms with E-state index in [1.54, 1.807) is 0 Å². The molecule has 0 unspecified atom stereocenters. The molecule has 2 aliphatic rings. The summed E-state index contributed by atoms with van der Waals surface area (Å²) in [6.45, 7) is 7.76. The third-order valence-corrected chi connectivity index (χ3v) is 3.16. The van der Waals surface area contributed by atoms with Crippen LogP contribution in [0.15, 0.2) is 0 Å². The largest absolute Gasteiger partial charge is 0.444 e. The fourth-order valence-corrected chi connectivity index (χ4v) is 2.24. The number of amides is 1. The summed E-state index contributed by atoms with van der Waals surface area (Å²) >= 11 is 0. The molecule has 1 spiro atoms. The van der Waals surface area contributed by atoms with Crippen molar-refractivity contribution in [3.63, 3.8) is 0 Å². The van der Waals surface area contributed by atoms with E-state index >= 15 is 0 Å². The highest BCUT2D eigenvalue weighted by Crippen LogP contribution is 2.50. The minimum atomic E-state index is -0.403. The molecule has 1 heterocycles. The van der Waals surface area contributed by atoms with Gasteiger partial charge in [0.2, 0.25) is 0 Å². The maximum atomic E-state index is 11.5. The fraction of sp³-hybridized carbons (Fsp3) is 0.909. The first kappa shape index (κ1) is 10.7. The lowest BCUT2D eigenvalue weighted by molar-refractivity contribution is 0.0517. The lowest BCUT2D eigenvalue weighted by atomic mass is 10.1. The summed E-state index contributed by atoms with van der Waals surface area (Å²) in [6.07, 6.45) is 1.99. The molecule has 0 aromatic heterocycles. The summed E-state index contributed by atoms with van der Waals surface area (Å²) in [5, 5.41) is 6.28. The SMILES string of the molecule is CC(C)(C)OC(=O)N[C@H]1C[C@@]12CCNC2. The average Bonchev–Trinajstić information content (AvgIpc) is 2.54. The van der Waals surface area contributed by atoms with Gasteiger partial charge in [-0.3, -0.25) is 0 Å². The van der Waals surface area contributed by atoms with E-state index in [1.165, 1.54) is 6.42 Å². The number of carbonyl (C=O) groups excluding carboxylic acids is 1. The van der Waals surface area contributed by atoms with Crippen LogP contribution in [0, 0.1) is 5.41 Å². The van der Waals surface area contributed by atoms with Crippen molar-refractivity contribution in [2.75, 3.05) is 13.1 Å². The number of ether oxygens (including phenoxy) is 1. The van der Waals surface area contributed by atoms with Crippen LogP contribution in [0.4, 0.5) is 4.79 Å². The highest BCUT2D eigenvalue weighted by molar-refractivity contribution is 5.68. The summed E-state index contributed by atoms with van der Waals surface area (Å²) < 4.78 is 5.22. The van der Waals surface area contributed by atoms with E-state index in [2.05, 4.69) is 10.6 Å². The Morgan fingerprint density at radius 3 is 2.80 bits per heavy atom. The van der Waals surface area contributed by atoms with E-state index in [9.17, 15) is 4.79 Å². The van der Waals surface area contributed by atoms with Crippen LogP contribution >= 0.6 is 0 Å². The summed E-state index contributed by atoms with van der Waals surface area (Å²) in [4.78, 5) is 11.5. The van der Waals surface area contributed by atoms with Crippen molar-refractivity contribution in [1.82, 2.24) is 10.6 Å². The van der Waals surface area contributed by atoms with Gasteiger partial charge in [0.15, 0.2) is 0 Å². The Balaban J connectivity index is 1.77. The number of hydrogen-bond acceptors (Lipinski definition) is 3. The monoisotopic (exact) mass is 212 g/mol. The van der Waals surface area contributed by atoms with Crippen molar-refractivity contribution in [3.05, 3.63) is 0 Å². The fourth-order valence-electron chi connectivity index (χ4n) is 2.24. The molecule has 1 saturated carbocycles. The second-order valence-electron chi connectivity index (χ2n) is 5.69. The first-order valence-corrected chi connectivity index (χ1v) is 5.62. The molecule has 15 heavy (non-hydrogen) atoms. The van der Waals surface area contributed by atoms with Gasteiger partial charge in [-0.15, -0.1) is 0 Å². The summed E-state index contributed by atoms with van der Waals surface area (Å²) in [6, 6.07) is 0.322. The molecule has 86 valence electrons. The number of nitrogens with one attached hydrogen (secondary N) is 2. The Kier molecular flexibility index (Phi) is 2.41. The number of rotatable bonds is 1. The molecule has 1 aliphatic carbocycles. The van der Waals surface area contributed by atoms with Gasteiger partial charge in [0.25, 0.3) is 0 Å². The van der Waals surface area contributed by atoms with Gasteiger partial charge in [0, 0.05) is 18.0 Å². The zero-order chi connectivity index (χ0) is 11.1. The highest BCUT2D eigenvalue weighted by atomic mass is 16.6. The van der Waals surface area contributed by atoms with E-state index in [-0.39, 0.29) is 6.09 Å². The molecule has 4 nitrogen and oxygen atoms in total. The molecule has 0 bridgehead atoms. The van der Waals surface area contributed by atoms with Crippen LogP contribution in [0.3, 0.4) is 0 Å². The Bertz CT molecular complexity index is 264. The summed E-state index contributed by atoms with van der Waals surface area (Å²) in [7, 11) is 0. The summed E-state index contributed by atoms with van der Waals surface area (Å²) in [5.74, 6) is 0. The first-order valence-electron chi connectivity index (χ1n) is 5.62. The van der Waals surface area contributed by atoms with Gasteiger partial charge in [-0.25, -0.2) is 4.79 Å². The second-order valence-corrected chi connectivity index (χ2v) is 5.69. The molecule has 1 saturated heterocycles. The van der Waals surface area contributed by atoms with E-state index in [0.29, 0.717) is 11.5 Å². The number of hydrogen-bond donors (Lipinski definition) is 2. The van der Waals surface area contributed by atoms with Crippen LogP contribution in [-0.4, -0.2) is 30.8 Å². The Morgan fingerprint density at radius 1 is 1.53 bits per heavy atom. The van der Waals surface area contributed by atoms with Crippen LogP contribution in [0.5, 0.6) is 0 Å². The van der Waals surface area contributed by atoms with Crippen LogP contribution < -0.4 is 10.6 Å². The molecule has 0 aromatic rings. The molecule has 2 rings (SSSR count). The normalized spacial score (nSPS) is 34.2. The molecule has 2 atom stereocenters. The lowest BCUT2D eigenvalue weighted by Crippen LogP contribution is -2.36. The lowest BCUT2D eigenvalue weighted by Gasteiger charge is -2.20. The third kappa shape index (κ3) is 2.43. The van der Waals surface area contributed by atoms with Gasteiger partial charge >= 0.3 is 6.09 Å². The van der Waals surface area contributed by atoms with Crippen molar-refractivity contribution in [2.24, 2.45) is 5.41 Å². The van der Waals surface area contributed by atoms with Gasteiger partial charge < -0.3 is 15.4 Å². The molecular weight excluding hydrogens is 192 g/mol. The summed E-state index contributed by atoms with van der Waals surface area (Å²) in [5.41, 5.74) is -0.0586. The maximum Gasteiger partial charge on any atom is 0.407 e. The van der Waals surface area contributed by atoms with Crippen molar-refractivity contribution >= 4 is 6.09 Å². The van der Waals surface area contributed by atoms with Crippen molar-refractivity contribution in [3.8, 4) is 0 Å². The highest BCUT2D eigenvalue weighted by Gasteiger charge is 2.56. The molecule has 0 aromatic carbocycles. The Labute approximate surface area is 90.8 Å². The topological polar surface area (TPSA) is 50.4 Å². The quantitative estimate of drug-likeness (QED) is 0.688. The minimum Gasteiger partial charge on any atom is -0.444 e. The minimum absolute atomic E-state index is 0.281. The Hall–Kier alpha value is -0.770. The van der Waals surface area contributed by atoms with Crippen LogP contribution in [-0.2, 0) is 4.74 Å². The van der Waals surface area contributed by atoms with E-state index in [4.69, 9.17) is 4.74 Å². The maximum absolute atomic E-state index is 11.5. The molecule has 4 heteroatoms. The van der Waals surface area contributed by atoms with E-state index in [0.717, 1.165) is 19.5 Å². The van der Waals surface area contributed by atoms with Crippen LogP contribution in [0.25, 0.3) is 0 Å². The van der Waals surface area contributed by atoms with Gasteiger partial charge in [-0.05, 0) is 40.2 Å². The van der Waals surface area contributed by atoms with Gasteiger partial charge in [0.1, 0.15) is 5.60 Å². The standard InChI is InChI=1S/C11H20N2O2/c1-10(2,3)15-9(14)13-8-6-11(8)4-5-12-7-11/h8,12H,4-7H2,1-3H3,(H,13,14)/t8-,11+/m0/s1. The predicted octanol–water partition coefficient (Wildman–Crippen LogP) is 1.26. The third-order valence-electron chi connectivity index (χ3n) is 3.16. The molecule has 0 radical (unpaired) electrons. The van der Waals surface area contributed by atoms with Gasteiger partial charge in [-0.1, -0.05) is 0 Å². The van der Waals surface area contributed by atoms with E-state index in [1.807, 2.05) is 20.8 Å². The molecule has 1 amide bonds. The van der Waals surface area contributed by atoms with Crippen molar-refractivity contribution < 1.29 is 9.53 Å². The average molecular weight is 212 g/mol. The molecule has 2 N–H and O–H groups in total.